The largest absolute Gasteiger partial charge is 0.368 e. The van der Waals surface area contributed by atoms with Crippen LogP contribution in [0.2, 0.25) is 0 Å². The minimum absolute atomic E-state index is 0.0350. The molecule has 0 aromatic heterocycles. The van der Waals surface area contributed by atoms with E-state index in [4.69, 9.17) is 10.6 Å². The van der Waals surface area contributed by atoms with Gasteiger partial charge in [0, 0.05) is 6.54 Å². The van der Waals surface area contributed by atoms with Crippen LogP contribution in [0.4, 0.5) is 0 Å². The molecule has 1 aliphatic rings. The van der Waals surface area contributed by atoms with Crippen molar-refractivity contribution in [2.45, 2.75) is 38.5 Å². The molecule has 0 unspecified atom stereocenters. The molecular weight excluding hydrogens is 180 g/mol. The lowest BCUT2D eigenvalue weighted by Crippen LogP contribution is -2.28. The van der Waals surface area contributed by atoms with Crippen molar-refractivity contribution in [2.75, 3.05) is 13.2 Å². The fourth-order valence-corrected chi connectivity index (χ4v) is 1.87. The predicted molar refractivity (Wildman–Crippen MR) is 54.3 cm³/mol. The highest BCUT2D eigenvalue weighted by atomic mass is 16.6. The van der Waals surface area contributed by atoms with E-state index in [0.29, 0.717) is 5.92 Å². The monoisotopic (exact) mass is 200 g/mol. The zero-order valence-electron chi connectivity index (χ0n) is 8.63. The molecule has 0 radical (unpaired) electrons. The third-order valence-electron chi connectivity index (χ3n) is 2.66. The van der Waals surface area contributed by atoms with Crippen molar-refractivity contribution in [1.82, 2.24) is 5.48 Å². The molecular formula is C10H20N2O2. The first-order valence-corrected chi connectivity index (χ1v) is 5.42. The van der Waals surface area contributed by atoms with Crippen LogP contribution in [0.3, 0.4) is 0 Å². The van der Waals surface area contributed by atoms with Crippen LogP contribution in [0.1, 0.15) is 38.5 Å². The molecule has 4 heteroatoms. The van der Waals surface area contributed by atoms with Crippen LogP contribution in [-0.2, 0) is 9.63 Å². The molecule has 1 rings (SSSR count). The van der Waals surface area contributed by atoms with E-state index >= 15 is 0 Å². The molecule has 82 valence electrons. The van der Waals surface area contributed by atoms with E-state index < -0.39 is 5.91 Å². The molecule has 0 spiro atoms. The molecule has 0 aromatic rings. The van der Waals surface area contributed by atoms with Gasteiger partial charge in [0.2, 0.25) is 5.91 Å². The van der Waals surface area contributed by atoms with Gasteiger partial charge in [-0.3, -0.25) is 9.63 Å². The summed E-state index contributed by atoms with van der Waals surface area (Å²) in [6, 6.07) is 0. The van der Waals surface area contributed by atoms with Crippen LogP contribution >= 0.6 is 0 Å². The van der Waals surface area contributed by atoms with Gasteiger partial charge >= 0.3 is 0 Å². The molecule has 4 nitrogen and oxygen atoms in total. The Balaban J connectivity index is 2.01. The van der Waals surface area contributed by atoms with Crippen molar-refractivity contribution in [3.05, 3.63) is 0 Å². The molecule has 3 N–H and O–H groups in total. The minimum atomic E-state index is -0.432. The van der Waals surface area contributed by atoms with Crippen molar-refractivity contribution >= 4 is 5.91 Å². The van der Waals surface area contributed by atoms with Gasteiger partial charge in [-0.05, 0) is 18.8 Å². The number of carbonyl (C=O) groups is 1. The number of primary amides is 1. The number of hydrogen-bond acceptors (Lipinski definition) is 3. The Morgan fingerprint density at radius 2 is 1.93 bits per heavy atom. The van der Waals surface area contributed by atoms with Gasteiger partial charge in [0.1, 0.15) is 6.61 Å². The summed E-state index contributed by atoms with van der Waals surface area (Å²) in [6.07, 6.45) is 7.90. The molecule has 0 aliphatic heterocycles. The predicted octanol–water partition coefficient (Wildman–Crippen LogP) is 0.963. The standard InChI is InChI=1S/C10H20N2O2/c11-10(13)8-14-12-7-9-5-3-1-2-4-6-9/h9,12H,1-8H2,(H2,11,13). The van der Waals surface area contributed by atoms with Crippen molar-refractivity contribution in [3.63, 3.8) is 0 Å². The Bertz CT molecular complexity index is 166. The average molecular weight is 200 g/mol. The fraction of sp³-hybridized carbons (Fsp3) is 0.900. The third kappa shape index (κ3) is 5.19. The molecule has 14 heavy (non-hydrogen) atoms. The maximum atomic E-state index is 10.4. The first-order chi connectivity index (χ1) is 6.79. The van der Waals surface area contributed by atoms with Crippen molar-refractivity contribution in [1.29, 1.82) is 0 Å². The molecule has 1 saturated carbocycles. The van der Waals surface area contributed by atoms with Crippen LogP contribution in [0.5, 0.6) is 0 Å². The highest BCUT2D eigenvalue weighted by Gasteiger charge is 2.11. The van der Waals surface area contributed by atoms with Crippen LogP contribution in [-0.4, -0.2) is 19.1 Å². The number of hydroxylamine groups is 1. The van der Waals surface area contributed by atoms with Gasteiger partial charge in [0.25, 0.3) is 0 Å². The normalized spacial score (nSPS) is 19.1. The van der Waals surface area contributed by atoms with Gasteiger partial charge in [-0.2, -0.15) is 0 Å². The van der Waals surface area contributed by atoms with E-state index in [0.717, 1.165) is 6.54 Å². The smallest absolute Gasteiger partial charge is 0.245 e. The van der Waals surface area contributed by atoms with E-state index in [1.807, 2.05) is 0 Å². The Kier molecular flexibility index (Phi) is 5.56. The maximum Gasteiger partial charge on any atom is 0.245 e. The lowest BCUT2D eigenvalue weighted by Gasteiger charge is -2.13. The Labute approximate surface area is 85.1 Å². The molecule has 0 saturated heterocycles. The fourth-order valence-electron chi connectivity index (χ4n) is 1.87. The summed E-state index contributed by atoms with van der Waals surface area (Å²) < 4.78 is 0. The number of hydrogen-bond donors (Lipinski definition) is 2. The van der Waals surface area contributed by atoms with Crippen LogP contribution < -0.4 is 11.2 Å². The van der Waals surface area contributed by atoms with E-state index in [1.165, 1.54) is 38.5 Å². The van der Waals surface area contributed by atoms with Gasteiger partial charge < -0.3 is 5.73 Å². The van der Waals surface area contributed by atoms with Crippen molar-refractivity contribution in [2.24, 2.45) is 11.7 Å². The summed E-state index contributed by atoms with van der Waals surface area (Å²) in [5.41, 5.74) is 7.75. The zero-order valence-corrected chi connectivity index (χ0v) is 8.63. The van der Waals surface area contributed by atoms with E-state index in [9.17, 15) is 4.79 Å². The van der Waals surface area contributed by atoms with Crippen molar-refractivity contribution < 1.29 is 9.63 Å². The molecule has 1 amide bonds. The molecule has 1 aliphatic carbocycles. The second-order valence-electron chi connectivity index (χ2n) is 3.96. The second kappa shape index (κ2) is 6.79. The zero-order chi connectivity index (χ0) is 10.2. The maximum absolute atomic E-state index is 10.4. The van der Waals surface area contributed by atoms with Gasteiger partial charge in [-0.1, -0.05) is 25.7 Å². The lowest BCUT2D eigenvalue weighted by atomic mass is 10.0. The van der Waals surface area contributed by atoms with Gasteiger partial charge in [-0.15, -0.1) is 0 Å². The summed E-state index contributed by atoms with van der Waals surface area (Å²) in [6.45, 7) is 0.806. The van der Waals surface area contributed by atoms with Crippen molar-refractivity contribution in [3.8, 4) is 0 Å². The van der Waals surface area contributed by atoms with E-state index in [1.54, 1.807) is 0 Å². The van der Waals surface area contributed by atoms with E-state index in [2.05, 4.69) is 5.48 Å². The van der Waals surface area contributed by atoms with Crippen LogP contribution in [0, 0.1) is 5.92 Å². The highest BCUT2D eigenvalue weighted by molar-refractivity contribution is 5.74. The SMILES string of the molecule is NC(=O)CONCC1CCCCCC1. The van der Waals surface area contributed by atoms with Gasteiger partial charge in [0.05, 0.1) is 0 Å². The number of rotatable bonds is 5. The Hall–Kier alpha value is -0.610. The lowest BCUT2D eigenvalue weighted by molar-refractivity contribution is -0.125. The number of amides is 1. The summed E-state index contributed by atoms with van der Waals surface area (Å²) in [5, 5.41) is 0. The molecule has 0 bridgehead atoms. The molecule has 1 fully saturated rings. The first-order valence-electron chi connectivity index (χ1n) is 5.42. The van der Waals surface area contributed by atoms with Gasteiger partial charge in [-0.25, -0.2) is 5.48 Å². The van der Waals surface area contributed by atoms with Crippen LogP contribution in [0.15, 0.2) is 0 Å². The summed E-state index contributed by atoms with van der Waals surface area (Å²) in [5.74, 6) is 0.267. The Morgan fingerprint density at radius 1 is 1.29 bits per heavy atom. The number of nitrogens with one attached hydrogen (secondary N) is 1. The highest BCUT2D eigenvalue weighted by Crippen LogP contribution is 2.21. The Morgan fingerprint density at radius 3 is 2.50 bits per heavy atom. The van der Waals surface area contributed by atoms with Gasteiger partial charge in [0.15, 0.2) is 0 Å². The minimum Gasteiger partial charge on any atom is -0.368 e. The third-order valence-corrected chi connectivity index (χ3v) is 2.66. The molecule has 0 heterocycles. The summed E-state index contributed by atoms with van der Waals surface area (Å²) in [7, 11) is 0. The summed E-state index contributed by atoms with van der Waals surface area (Å²) >= 11 is 0. The molecule has 0 atom stereocenters. The number of carbonyl (C=O) groups excluding carboxylic acids is 1. The summed E-state index contributed by atoms with van der Waals surface area (Å²) in [4.78, 5) is 15.3. The second-order valence-corrected chi connectivity index (χ2v) is 3.96. The van der Waals surface area contributed by atoms with Crippen LogP contribution in [0.25, 0.3) is 0 Å². The number of nitrogens with two attached hydrogens (primary N) is 1. The van der Waals surface area contributed by atoms with E-state index in [-0.39, 0.29) is 6.61 Å². The molecule has 0 aromatic carbocycles. The topological polar surface area (TPSA) is 64.4 Å². The quantitative estimate of drug-likeness (QED) is 0.395. The average Bonchev–Trinajstić information content (AvgIpc) is 2.40. The first kappa shape index (κ1) is 11.5.